The smallest absolute Gasteiger partial charge is 0.230 e. The lowest BCUT2D eigenvalue weighted by atomic mass is 9.95. The first kappa shape index (κ1) is 20.3. The topological polar surface area (TPSA) is 59.8 Å². The second-order valence-electron chi connectivity index (χ2n) is 7.13. The summed E-state index contributed by atoms with van der Waals surface area (Å²) >= 11 is 3.29. The van der Waals surface area contributed by atoms with Gasteiger partial charge in [0.05, 0.1) is 11.5 Å². The number of carbonyl (C=O) groups excluding carboxylic acids is 1. The van der Waals surface area contributed by atoms with Crippen LogP contribution in [0.2, 0.25) is 0 Å². The third kappa shape index (κ3) is 6.28. The van der Waals surface area contributed by atoms with Gasteiger partial charge in [-0.2, -0.15) is 0 Å². The van der Waals surface area contributed by atoms with E-state index in [1.807, 2.05) is 23.4 Å². The van der Waals surface area contributed by atoms with Crippen LogP contribution in [-0.2, 0) is 23.3 Å². The van der Waals surface area contributed by atoms with Crippen LogP contribution in [0, 0.1) is 6.92 Å². The number of thioether (sulfide) groups is 2. The summed E-state index contributed by atoms with van der Waals surface area (Å²) in [4.78, 5) is 12.2. The van der Waals surface area contributed by atoms with E-state index in [0.29, 0.717) is 11.8 Å². The Hall–Kier alpha value is -1.47. The van der Waals surface area contributed by atoms with Gasteiger partial charge < -0.3 is 9.88 Å². The average molecular weight is 405 g/mol. The Bertz CT molecular complexity index is 739. The fourth-order valence-electron chi connectivity index (χ4n) is 3.19. The van der Waals surface area contributed by atoms with Crippen molar-refractivity contribution in [3.63, 3.8) is 0 Å². The van der Waals surface area contributed by atoms with Crippen molar-refractivity contribution in [1.82, 2.24) is 20.1 Å². The highest BCUT2D eigenvalue weighted by Crippen LogP contribution is 2.21. The molecule has 1 saturated carbocycles. The average Bonchev–Trinajstić information content (AvgIpc) is 3.02. The molecule has 7 heteroatoms. The molecule has 0 spiro atoms. The highest BCUT2D eigenvalue weighted by atomic mass is 32.2. The van der Waals surface area contributed by atoms with Gasteiger partial charge in [-0.25, -0.2) is 0 Å². The highest BCUT2D eigenvalue weighted by Gasteiger charge is 2.17. The third-order valence-corrected chi connectivity index (χ3v) is 6.87. The Labute approximate surface area is 170 Å². The van der Waals surface area contributed by atoms with E-state index in [1.54, 1.807) is 0 Å². The second-order valence-corrected chi connectivity index (χ2v) is 9.06. The molecule has 0 bridgehead atoms. The van der Waals surface area contributed by atoms with Gasteiger partial charge in [0.2, 0.25) is 5.91 Å². The first-order chi connectivity index (χ1) is 13.1. The standard InChI is InChI=1S/C20H28N4OS2/c1-15-8-10-16(11-9-15)12-26-13-18-22-23-20(24(18)2)27-14-19(25)21-17-6-4-3-5-7-17/h8-11,17H,3-7,12-14H2,1-2H3,(H,21,25). The number of hydrogen-bond acceptors (Lipinski definition) is 5. The number of hydrogen-bond donors (Lipinski definition) is 1. The number of nitrogens with one attached hydrogen (secondary N) is 1. The van der Waals surface area contributed by atoms with Crippen molar-refractivity contribution >= 4 is 29.4 Å². The zero-order chi connectivity index (χ0) is 19.1. The number of nitrogens with zero attached hydrogens (tertiary/aromatic N) is 3. The molecule has 1 aliphatic carbocycles. The summed E-state index contributed by atoms with van der Waals surface area (Å²) in [5, 5.41) is 12.5. The number of aromatic nitrogens is 3. The van der Waals surface area contributed by atoms with Crippen molar-refractivity contribution in [2.45, 2.75) is 61.7 Å². The lowest BCUT2D eigenvalue weighted by Crippen LogP contribution is -2.37. The maximum Gasteiger partial charge on any atom is 0.230 e. The van der Waals surface area contributed by atoms with Gasteiger partial charge in [0, 0.05) is 18.8 Å². The summed E-state index contributed by atoms with van der Waals surface area (Å²) < 4.78 is 2.00. The second kappa shape index (κ2) is 10.2. The molecule has 5 nitrogen and oxygen atoms in total. The molecule has 1 fully saturated rings. The number of aryl methyl sites for hydroxylation is 1. The van der Waals surface area contributed by atoms with Crippen molar-refractivity contribution < 1.29 is 4.79 Å². The Kier molecular flexibility index (Phi) is 7.64. The SMILES string of the molecule is Cc1ccc(CSCc2nnc(SCC(=O)NC3CCCCC3)n2C)cc1. The summed E-state index contributed by atoms with van der Waals surface area (Å²) in [6.07, 6.45) is 5.98. The van der Waals surface area contributed by atoms with Crippen LogP contribution in [0.1, 0.15) is 49.1 Å². The molecule has 1 heterocycles. The van der Waals surface area contributed by atoms with Gasteiger partial charge in [0.15, 0.2) is 5.16 Å². The maximum atomic E-state index is 12.2. The molecule has 27 heavy (non-hydrogen) atoms. The van der Waals surface area contributed by atoms with Gasteiger partial charge >= 0.3 is 0 Å². The predicted octanol–water partition coefficient (Wildman–Crippen LogP) is 4.10. The van der Waals surface area contributed by atoms with E-state index in [2.05, 4.69) is 46.7 Å². The summed E-state index contributed by atoms with van der Waals surface area (Å²) in [5.41, 5.74) is 2.60. The minimum absolute atomic E-state index is 0.102. The van der Waals surface area contributed by atoms with Crippen LogP contribution >= 0.6 is 23.5 Å². The van der Waals surface area contributed by atoms with Gasteiger partial charge in [-0.05, 0) is 25.3 Å². The van der Waals surface area contributed by atoms with Crippen LogP contribution in [0.5, 0.6) is 0 Å². The van der Waals surface area contributed by atoms with Crippen LogP contribution in [-0.4, -0.2) is 32.5 Å². The van der Waals surface area contributed by atoms with Crippen LogP contribution in [0.4, 0.5) is 0 Å². The molecule has 1 amide bonds. The summed E-state index contributed by atoms with van der Waals surface area (Å²) in [6.45, 7) is 2.10. The van der Waals surface area contributed by atoms with Crippen LogP contribution in [0.3, 0.4) is 0 Å². The van der Waals surface area contributed by atoms with Gasteiger partial charge in [-0.15, -0.1) is 22.0 Å². The Balaban J connectivity index is 1.42. The molecule has 0 unspecified atom stereocenters. The van der Waals surface area contributed by atoms with E-state index in [1.165, 1.54) is 42.2 Å². The van der Waals surface area contributed by atoms with Gasteiger partial charge in [-0.3, -0.25) is 4.79 Å². The van der Waals surface area contributed by atoms with Crippen molar-refractivity contribution in [3.8, 4) is 0 Å². The Morgan fingerprint density at radius 2 is 1.89 bits per heavy atom. The molecular weight excluding hydrogens is 376 g/mol. The molecule has 0 saturated heterocycles. The van der Waals surface area contributed by atoms with Gasteiger partial charge in [0.1, 0.15) is 5.82 Å². The van der Waals surface area contributed by atoms with Crippen molar-refractivity contribution in [2.75, 3.05) is 5.75 Å². The Morgan fingerprint density at radius 1 is 1.15 bits per heavy atom. The predicted molar refractivity (Wildman–Crippen MR) is 113 cm³/mol. The Morgan fingerprint density at radius 3 is 2.63 bits per heavy atom. The summed E-state index contributed by atoms with van der Waals surface area (Å²) in [5.74, 6) is 3.22. The van der Waals surface area contributed by atoms with Crippen molar-refractivity contribution in [1.29, 1.82) is 0 Å². The summed E-state index contributed by atoms with van der Waals surface area (Å²) in [6, 6.07) is 8.99. The lowest BCUT2D eigenvalue weighted by Gasteiger charge is -2.22. The number of benzene rings is 1. The monoisotopic (exact) mass is 404 g/mol. The van der Waals surface area contributed by atoms with E-state index in [0.717, 1.165) is 35.3 Å². The maximum absolute atomic E-state index is 12.2. The van der Waals surface area contributed by atoms with Gasteiger partial charge in [0.25, 0.3) is 0 Å². The molecular formula is C20H28N4OS2. The minimum atomic E-state index is 0.102. The molecule has 1 aromatic carbocycles. The molecule has 0 aliphatic heterocycles. The molecule has 2 aromatic rings. The molecule has 0 atom stereocenters. The first-order valence-electron chi connectivity index (χ1n) is 9.55. The molecule has 0 radical (unpaired) electrons. The summed E-state index contributed by atoms with van der Waals surface area (Å²) in [7, 11) is 1.98. The van der Waals surface area contributed by atoms with Crippen molar-refractivity contribution in [3.05, 3.63) is 41.2 Å². The molecule has 1 aromatic heterocycles. The largest absolute Gasteiger partial charge is 0.353 e. The number of amides is 1. The van der Waals surface area contributed by atoms with E-state index in [-0.39, 0.29) is 5.91 Å². The van der Waals surface area contributed by atoms with Crippen LogP contribution in [0.15, 0.2) is 29.4 Å². The van der Waals surface area contributed by atoms with Crippen LogP contribution < -0.4 is 5.32 Å². The van der Waals surface area contributed by atoms with E-state index < -0.39 is 0 Å². The zero-order valence-electron chi connectivity index (χ0n) is 16.1. The van der Waals surface area contributed by atoms with E-state index in [4.69, 9.17) is 0 Å². The van der Waals surface area contributed by atoms with Crippen LogP contribution in [0.25, 0.3) is 0 Å². The molecule has 1 N–H and O–H groups in total. The number of rotatable bonds is 8. The highest BCUT2D eigenvalue weighted by molar-refractivity contribution is 7.99. The van der Waals surface area contributed by atoms with E-state index in [9.17, 15) is 4.79 Å². The van der Waals surface area contributed by atoms with Crippen molar-refractivity contribution in [2.24, 2.45) is 7.05 Å². The lowest BCUT2D eigenvalue weighted by molar-refractivity contribution is -0.119. The fourth-order valence-corrected chi connectivity index (χ4v) is 4.89. The normalized spacial score (nSPS) is 15.0. The minimum Gasteiger partial charge on any atom is -0.353 e. The van der Waals surface area contributed by atoms with E-state index >= 15 is 0 Å². The molecule has 1 aliphatic rings. The third-order valence-electron chi connectivity index (χ3n) is 4.85. The number of carbonyl (C=O) groups is 1. The first-order valence-corrected chi connectivity index (χ1v) is 11.7. The van der Waals surface area contributed by atoms with Gasteiger partial charge in [-0.1, -0.05) is 60.9 Å². The zero-order valence-corrected chi connectivity index (χ0v) is 17.7. The quantitative estimate of drug-likeness (QED) is 0.671. The fraction of sp³-hybridized carbons (Fsp3) is 0.550. The molecule has 3 rings (SSSR count). The molecule has 146 valence electrons.